The lowest BCUT2D eigenvalue weighted by Crippen LogP contribution is -2.53. The quantitative estimate of drug-likeness (QED) is 0.551. The van der Waals surface area contributed by atoms with E-state index in [2.05, 4.69) is 31.7 Å². The van der Waals surface area contributed by atoms with Crippen molar-refractivity contribution in [3.63, 3.8) is 0 Å². The number of anilines is 2. The summed E-state index contributed by atoms with van der Waals surface area (Å²) in [5.41, 5.74) is 13.1. The monoisotopic (exact) mass is 384 g/mol. The first-order chi connectivity index (χ1) is 10.8. The molecule has 128 valence electrons. The van der Waals surface area contributed by atoms with Crippen molar-refractivity contribution in [3.8, 4) is 0 Å². The number of para-hydroxylation sites is 1. The van der Waals surface area contributed by atoms with Crippen molar-refractivity contribution >= 4 is 33.4 Å². The standard InChI is InChI=1S/C16H25BrN4O2/c1-16(2,3)23-15(22)20-19-11-6-5-9-21(10-11)13-8-4-7-12(17)14(13)18/h4,7-8,11,19H,5-6,9-10,18H2,1-3H3,(H,20,22). The highest BCUT2D eigenvalue weighted by Gasteiger charge is 2.23. The Hall–Kier alpha value is -1.47. The number of carbonyl (C=O) groups excluding carboxylic acids is 1. The predicted octanol–water partition coefficient (Wildman–Crippen LogP) is 3.03. The third-order valence-electron chi connectivity index (χ3n) is 3.57. The van der Waals surface area contributed by atoms with Gasteiger partial charge in [0.05, 0.1) is 11.4 Å². The zero-order chi connectivity index (χ0) is 17.0. The van der Waals surface area contributed by atoms with E-state index in [1.807, 2.05) is 39.0 Å². The highest BCUT2D eigenvalue weighted by atomic mass is 79.9. The highest BCUT2D eigenvalue weighted by Crippen LogP contribution is 2.31. The maximum atomic E-state index is 11.7. The van der Waals surface area contributed by atoms with Gasteiger partial charge in [-0.3, -0.25) is 5.43 Å². The molecule has 1 aromatic carbocycles. The fourth-order valence-electron chi connectivity index (χ4n) is 2.58. The number of nitrogens with one attached hydrogen (secondary N) is 2. The van der Waals surface area contributed by atoms with Gasteiger partial charge >= 0.3 is 6.09 Å². The molecule has 0 bridgehead atoms. The molecular weight excluding hydrogens is 360 g/mol. The van der Waals surface area contributed by atoms with Gasteiger partial charge in [-0.15, -0.1) is 0 Å². The van der Waals surface area contributed by atoms with Gasteiger partial charge in [-0.1, -0.05) is 6.07 Å². The van der Waals surface area contributed by atoms with Crippen LogP contribution >= 0.6 is 15.9 Å². The summed E-state index contributed by atoms with van der Waals surface area (Å²) in [5, 5.41) is 0. The lowest BCUT2D eigenvalue weighted by molar-refractivity contribution is 0.0485. The number of hydrogen-bond donors (Lipinski definition) is 3. The van der Waals surface area contributed by atoms with E-state index >= 15 is 0 Å². The van der Waals surface area contributed by atoms with E-state index in [0.717, 1.165) is 41.8 Å². The van der Waals surface area contributed by atoms with Crippen LogP contribution in [0.15, 0.2) is 22.7 Å². The lowest BCUT2D eigenvalue weighted by Gasteiger charge is -2.35. The van der Waals surface area contributed by atoms with Gasteiger partial charge < -0.3 is 15.4 Å². The van der Waals surface area contributed by atoms with E-state index in [1.165, 1.54) is 0 Å². The number of nitrogen functional groups attached to an aromatic ring is 1. The van der Waals surface area contributed by atoms with E-state index < -0.39 is 11.7 Å². The number of amides is 1. The Morgan fingerprint density at radius 1 is 1.43 bits per heavy atom. The van der Waals surface area contributed by atoms with Crippen molar-refractivity contribution in [2.45, 2.75) is 45.3 Å². The molecule has 0 spiro atoms. The molecule has 6 nitrogen and oxygen atoms in total. The highest BCUT2D eigenvalue weighted by molar-refractivity contribution is 9.10. The first kappa shape index (κ1) is 17.9. The number of nitrogens with two attached hydrogens (primary N) is 1. The van der Waals surface area contributed by atoms with Crippen LogP contribution < -0.4 is 21.5 Å². The molecule has 7 heteroatoms. The SMILES string of the molecule is CC(C)(C)OC(=O)NNC1CCCN(c2cccc(Br)c2N)C1. The molecule has 1 amide bonds. The average Bonchev–Trinajstić information content (AvgIpc) is 2.46. The minimum absolute atomic E-state index is 0.148. The molecule has 0 radical (unpaired) electrons. The number of benzene rings is 1. The lowest BCUT2D eigenvalue weighted by atomic mass is 10.1. The zero-order valence-corrected chi connectivity index (χ0v) is 15.4. The number of ether oxygens (including phenoxy) is 1. The summed E-state index contributed by atoms with van der Waals surface area (Å²) < 4.78 is 6.12. The second-order valence-corrected chi connectivity index (χ2v) is 7.58. The third-order valence-corrected chi connectivity index (χ3v) is 4.26. The summed E-state index contributed by atoms with van der Waals surface area (Å²) in [6.07, 6.45) is 1.55. The first-order valence-corrected chi connectivity index (χ1v) is 8.59. The Morgan fingerprint density at radius 3 is 2.87 bits per heavy atom. The second-order valence-electron chi connectivity index (χ2n) is 6.73. The Kier molecular flexibility index (Phi) is 5.75. The van der Waals surface area contributed by atoms with Crippen LogP contribution in [0.1, 0.15) is 33.6 Å². The summed E-state index contributed by atoms with van der Waals surface area (Å²) >= 11 is 3.46. The molecular formula is C16H25BrN4O2. The van der Waals surface area contributed by atoms with Crippen LogP contribution in [0.2, 0.25) is 0 Å². The molecule has 1 aliphatic rings. The van der Waals surface area contributed by atoms with Crippen molar-refractivity contribution in [1.82, 2.24) is 10.9 Å². The van der Waals surface area contributed by atoms with Gasteiger partial charge in [0.25, 0.3) is 0 Å². The maximum Gasteiger partial charge on any atom is 0.422 e. The zero-order valence-electron chi connectivity index (χ0n) is 13.9. The Bertz CT molecular complexity index is 560. The number of hydrazine groups is 1. The van der Waals surface area contributed by atoms with Crippen LogP contribution in [0.4, 0.5) is 16.2 Å². The summed E-state index contributed by atoms with van der Waals surface area (Å²) in [4.78, 5) is 14.0. The average molecular weight is 385 g/mol. The smallest absolute Gasteiger partial charge is 0.422 e. The van der Waals surface area contributed by atoms with Crippen molar-refractivity contribution in [3.05, 3.63) is 22.7 Å². The van der Waals surface area contributed by atoms with Crippen molar-refractivity contribution in [1.29, 1.82) is 0 Å². The normalized spacial score (nSPS) is 18.6. The van der Waals surface area contributed by atoms with Gasteiger partial charge in [0.15, 0.2) is 0 Å². The minimum Gasteiger partial charge on any atom is -0.443 e. The fraction of sp³-hybridized carbons (Fsp3) is 0.562. The van der Waals surface area contributed by atoms with E-state index in [-0.39, 0.29) is 6.04 Å². The van der Waals surface area contributed by atoms with Crippen LogP contribution in [0.5, 0.6) is 0 Å². The summed E-state index contributed by atoms with van der Waals surface area (Å²) in [6.45, 7) is 7.24. The van der Waals surface area contributed by atoms with Gasteiger partial charge in [0, 0.05) is 23.6 Å². The largest absolute Gasteiger partial charge is 0.443 e. The summed E-state index contributed by atoms with van der Waals surface area (Å²) in [7, 11) is 0. The molecule has 0 aromatic heterocycles. The van der Waals surface area contributed by atoms with E-state index in [0.29, 0.717) is 0 Å². The number of carbonyl (C=O) groups is 1. The third kappa shape index (κ3) is 5.28. The molecule has 4 N–H and O–H groups in total. The molecule has 2 rings (SSSR count). The molecule has 1 heterocycles. The van der Waals surface area contributed by atoms with Gasteiger partial charge in [-0.2, -0.15) is 0 Å². The fourth-order valence-corrected chi connectivity index (χ4v) is 2.94. The summed E-state index contributed by atoms with van der Waals surface area (Å²) in [6, 6.07) is 6.08. The van der Waals surface area contributed by atoms with Crippen LogP contribution in [0.25, 0.3) is 0 Å². The maximum absolute atomic E-state index is 11.7. The van der Waals surface area contributed by atoms with Crippen molar-refractivity contribution in [2.75, 3.05) is 23.7 Å². The Labute approximate surface area is 145 Å². The molecule has 23 heavy (non-hydrogen) atoms. The van der Waals surface area contributed by atoms with E-state index in [9.17, 15) is 4.79 Å². The molecule has 1 aliphatic heterocycles. The summed E-state index contributed by atoms with van der Waals surface area (Å²) in [5.74, 6) is 0. The van der Waals surface area contributed by atoms with Crippen molar-refractivity contribution in [2.24, 2.45) is 0 Å². The number of rotatable bonds is 3. The van der Waals surface area contributed by atoms with Gasteiger partial charge in [-0.05, 0) is 61.7 Å². The second kappa shape index (κ2) is 7.40. The van der Waals surface area contributed by atoms with Crippen LogP contribution in [0, 0.1) is 0 Å². The predicted molar refractivity (Wildman–Crippen MR) is 96.3 cm³/mol. The first-order valence-electron chi connectivity index (χ1n) is 7.80. The number of nitrogens with zero attached hydrogens (tertiary/aromatic N) is 1. The molecule has 0 saturated carbocycles. The Balaban J connectivity index is 1.91. The molecule has 1 unspecified atom stereocenters. The molecule has 1 fully saturated rings. The van der Waals surface area contributed by atoms with E-state index in [1.54, 1.807) is 0 Å². The minimum atomic E-state index is -0.505. The number of piperidine rings is 1. The molecule has 1 aromatic rings. The molecule has 1 atom stereocenters. The van der Waals surface area contributed by atoms with Gasteiger partial charge in [-0.25, -0.2) is 10.2 Å². The van der Waals surface area contributed by atoms with Gasteiger partial charge in [0.2, 0.25) is 0 Å². The molecule has 1 saturated heterocycles. The van der Waals surface area contributed by atoms with E-state index in [4.69, 9.17) is 10.5 Å². The number of hydrogen-bond acceptors (Lipinski definition) is 5. The van der Waals surface area contributed by atoms with Gasteiger partial charge in [0.1, 0.15) is 5.60 Å². The van der Waals surface area contributed by atoms with Crippen molar-refractivity contribution < 1.29 is 9.53 Å². The van der Waals surface area contributed by atoms with Crippen LogP contribution in [0.3, 0.4) is 0 Å². The molecule has 0 aliphatic carbocycles. The van der Waals surface area contributed by atoms with Crippen LogP contribution in [-0.2, 0) is 4.74 Å². The topological polar surface area (TPSA) is 79.6 Å². The van der Waals surface area contributed by atoms with Crippen LogP contribution in [-0.4, -0.2) is 30.8 Å². The number of halogens is 1. The Morgan fingerprint density at radius 2 is 2.17 bits per heavy atom.